The van der Waals surface area contributed by atoms with Crippen LogP contribution >= 0.6 is 0 Å². The van der Waals surface area contributed by atoms with Gasteiger partial charge in [-0.2, -0.15) is 0 Å². The first kappa shape index (κ1) is 26.1. The Bertz CT molecular complexity index is 822. The van der Waals surface area contributed by atoms with E-state index in [1.54, 1.807) is 6.07 Å². The van der Waals surface area contributed by atoms with Gasteiger partial charge in [-0.25, -0.2) is 4.79 Å². The molecule has 0 atom stereocenters. The van der Waals surface area contributed by atoms with Crippen molar-refractivity contribution in [3.8, 4) is 5.75 Å². The normalized spacial score (nSPS) is 24.7. The minimum Gasteiger partial charge on any atom is -0.499 e. The fourth-order valence-corrected chi connectivity index (χ4v) is 5.20. The summed E-state index contributed by atoms with van der Waals surface area (Å²) >= 11 is 0. The van der Waals surface area contributed by atoms with E-state index in [4.69, 9.17) is 14.2 Å². The first-order chi connectivity index (χ1) is 16.5. The van der Waals surface area contributed by atoms with Gasteiger partial charge in [-0.15, -0.1) is 0 Å². The lowest BCUT2D eigenvalue weighted by molar-refractivity contribution is -0.124. The van der Waals surface area contributed by atoms with Crippen molar-refractivity contribution in [2.45, 2.75) is 90.2 Å². The molecule has 2 aliphatic carbocycles. The molecule has 2 saturated carbocycles. The third-order valence-electron chi connectivity index (χ3n) is 7.30. The highest BCUT2D eigenvalue weighted by Gasteiger charge is 2.37. The molecule has 0 N–H and O–H groups in total. The number of hydrogen-bond donors (Lipinski definition) is 0. The summed E-state index contributed by atoms with van der Waals surface area (Å²) in [5, 5.41) is 0. The van der Waals surface area contributed by atoms with Gasteiger partial charge in [0.15, 0.2) is 0 Å². The summed E-state index contributed by atoms with van der Waals surface area (Å²) in [7, 11) is 1.38. The number of carbonyl (C=O) groups excluding carboxylic acids is 2. The molecule has 3 rings (SSSR count). The molecule has 0 saturated heterocycles. The van der Waals surface area contributed by atoms with Crippen molar-refractivity contribution in [3.05, 3.63) is 36.6 Å². The van der Waals surface area contributed by atoms with E-state index in [1.165, 1.54) is 13.4 Å². The van der Waals surface area contributed by atoms with Crippen molar-refractivity contribution in [1.29, 1.82) is 0 Å². The molecule has 0 bridgehead atoms. The van der Waals surface area contributed by atoms with E-state index in [9.17, 15) is 9.59 Å². The van der Waals surface area contributed by atoms with Gasteiger partial charge in [0.05, 0.1) is 37.3 Å². The summed E-state index contributed by atoms with van der Waals surface area (Å²) in [5.74, 6) is 0.956. The van der Waals surface area contributed by atoms with Crippen LogP contribution in [0.2, 0.25) is 0 Å². The number of anilines is 1. The van der Waals surface area contributed by atoms with E-state index in [1.807, 2.05) is 17.0 Å². The van der Waals surface area contributed by atoms with Crippen LogP contribution in [-0.2, 0) is 14.3 Å². The number of carbonyl (C=O) groups is 2. The van der Waals surface area contributed by atoms with Crippen molar-refractivity contribution in [3.63, 3.8) is 0 Å². The number of amides is 1. The molecule has 188 valence electrons. The number of hydrogen-bond acceptors (Lipinski definition) is 5. The van der Waals surface area contributed by atoms with Gasteiger partial charge in [0.25, 0.3) is 0 Å². The number of rotatable bonds is 10. The van der Waals surface area contributed by atoms with Crippen molar-refractivity contribution in [2.75, 3.05) is 18.6 Å². The highest BCUT2D eigenvalue weighted by atomic mass is 16.5. The number of unbranched alkanes of at least 4 members (excludes halogenated alkanes) is 1. The molecule has 34 heavy (non-hydrogen) atoms. The van der Waals surface area contributed by atoms with Crippen LogP contribution in [0.1, 0.15) is 88.4 Å². The fourth-order valence-electron chi connectivity index (χ4n) is 5.20. The summed E-state index contributed by atoms with van der Waals surface area (Å²) in [6, 6.07) is 5.48. The maximum absolute atomic E-state index is 14.0. The third kappa shape index (κ3) is 6.55. The van der Waals surface area contributed by atoms with Gasteiger partial charge in [-0.3, -0.25) is 4.79 Å². The highest BCUT2D eigenvalue weighted by molar-refractivity contribution is 6.04. The van der Waals surface area contributed by atoms with Gasteiger partial charge >= 0.3 is 5.97 Å². The first-order valence-corrected chi connectivity index (χ1v) is 12.9. The van der Waals surface area contributed by atoms with Crippen LogP contribution in [0.4, 0.5) is 5.69 Å². The van der Waals surface area contributed by atoms with Crippen LogP contribution in [-0.4, -0.2) is 37.7 Å². The van der Waals surface area contributed by atoms with Crippen LogP contribution in [0, 0.1) is 11.8 Å². The lowest BCUT2D eigenvalue weighted by Crippen LogP contribution is -2.47. The summed E-state index contributed by atoms with van der Waals surface area (Å²) < 4.78 is 16.6. The Hall–Kier alpha value is -2.50. The van der Waals surface area contributed by atoms with Crippen LogP contribution in [0.3, 0.4) is 0 Å². The minimum absolute atomic E-state index is 0.00988. The van der Waals surface area contributed by atoms with Crippen molar-refractivity contribution in [2.24, 2.45) is 11.8 Å². The second kappa shape index (κ2) is 12.8. The predicted molar refractivity (Wildman–Crippen MR) is 134 cm³/mol. The molecule has 1 aromatic carbocycles. The first-order valence-electron chi connectivity index (χ1n) is 12.9. The molecule has 6 heteroatoms. The van der Waals surface area contributed by atoms with Gasteiger partial charge in [0.2, 0.25) is 5.91 Å². The maximum atomic E-state index is 14.0. The highest BCUT2D eigenvalue weighted by Crippen LogP contribution is 2.37. The quantitative estimate of drug-likeness (QED) is 0.228. The molecule has 0 unspecified atom stereocenters. The molecular weight excluding hydrogens is 430 g/mol. The largest absolute Gasteiger partial charge is 0.499 e. The Labute approximate surface area is 204 Å². The molecule has 6 nitrogen and oxygen atoms in total. The molecule has 0 heterocycles. The zero-order valence-electron chi connectivity index (χ0n) is 21.1. The summed E-state index contributed by atoms with van der Waals surface area (Å²) in [5.41, 5.74) is 1.02. The second-order valence-corrected chi connectivity index (χ2v) is 9.77. The van der Waals surface area contributed by atoms with E-state index in [2.05, 4.69) is 20.4 Å². The van der Waals surface area contributed by atoms with Gasteiger partial charge in [-0.1, -0.05) is 26.8 Å². The molecule has 1 aromatic rings. The second-order valence-electron chi connectivity index (χ2n) is 9.77. The van der Waals surface area contributed by atoms with Crippen LogP contribution < -0.4 is 9.64 Å². The molecule has 0 aromatic heterocycles. The zero-order valence-corrected chi connectivity index (χ0v) is 21.1. The molecular formula is C28H41NO5. The average molecular weight is 472 g/mol. The van der Waals surface area contributed by atoms with Gasteiger partial charge in [0.1, 0.15) is 5.75 Å². The van der Waals surface area contributed by atoms with Crippen molar-refractivity contribution >= 4 is 17.6 Å². The Morgan fingerprint density at radius 1 is 1.09 bits per heavy atom. The number of ether oxygens (including phenoxy) is 3. The monoisotopic (exact) mass is 471 g/mol. The Kier molecular flexibility index (Phi) is 9.85. The van der Waals surface area contributed by atoms with Crippen LogP contribution in [0.5, 0.6) is 5.75 Å². The zero-order chi connectivity index (χ0) is 24.5. The smallest absolute Gasteiger partial charge is 0.340 e. The number of esters is 1. The third-order valence-corrected chi connectivity index (χ3v) is 7.30. The lowest BCUT2D eigenvalue weighted by atomic mass is 9.81. The van der Waals surface area contributed by atoms with Gasteiger partial charge in [0, 0.05) is 12.0 Å². The van der Waals surface area contributed by atoms with Gasteiger partial charge < -0.3 is 19.1 Å². The van der Waals surface area contributed by atoms with Crippen molar-refractivity contribution in [1.82, 2.24) is 0 Å². The topological polar surface area (TPSA) is 65.1 Å². The molecule has 2 fully saturated rings. The van der Waals surface area contributed by atoms with Crippen LogP contribution in [0.25, 0.3) is 0 Å². The number of methoxy groups -OCH3 is 1. The molecule has 0 aliphatic heterocycles. The van der Waals surface area contributed by atoms with Crippen molar-refractivity contribution < 1.29 is 23.8 Å². The van der Waals surface area contributed by atoms with E-state index < -0.39 is 5.97 Å². The van der Waals surface area contributed by atoms with Gasteiger partial charge in [-0.05, 0) is 81.9 Å². The average Bonchev–Trinajstić information content (AvgIpc) is 2.86. The standard InChI is InChI=1S/C28H41NO5/c1-5-7-18-34-24-16-17-26(25(19-24)28(31)32-4)29(22-12-14-23(15-13-22)33-6-2)27(30)21-10-8-20(3)9-11-21/h6,16-17,19-23H,2,5,7-15,18H2,1,3-4H3. The maximum Gasteiger partial charge on any atom is 0.340 e. The predicted octanol–water partition coefficient (Wildman–Crippen LogP) is 6.28. The molecule has 2 aliphatic rings. The van der Waals surface area contributed by atoms with Crippen LogP contribution in [0.15, 0.2) is 31.0 Å². The number of nitrogens with zero attached hydrogens (tertiary/aromatic N) is 1. The Morgan fingerprint density at radius 3 is 2.41 bits per heavy atom. The molecule has 1 amide bonds. The summed E-state index contributed by atoms with van der Waals surface area (Å²) in [6.45, 7) is 8.63. The molecule has 0 radical (unpaired) electrons. The SMILES string of the molecule is C=COC1CCC(N(C(=O)C2CCC(C)CC2)c2ccc(OCCCC)cc2C(=O)OC)CC1. The minimum atomic E-state index is -0.449. The molecule has 0 spiro atoms. The number of benzene rings is 1. The van der Waals surface area contributed by atoms with E-state index >= 15 is 0 Å². The fraction of sp³-hybridized carbons (Fsp3) is 0.643. The Balaban J connectivity index is 1.93. The summed E-state index contributed by atoms with van der Waals surface area (Å²) in [4.78, 5) is 28.7. The summed E-state index contributed by atoms with van der Waals surface area (Å²) in [6.07, 6.45) is 10.9. The Morgan fingerprint density at radius 2 is 1.79 bits per heavy atom. The van der Waals surface area contributed by atoms with E-state index in [0.29, 0.717) is 29.5 Å². The van der Waals surface area contributed by atoms with E-state index in [0.717, 1.165) is 64.2 Å². The van der Waals surface area contributed by atoms with E-state index in [-0.39, 0.29) is 24.0 Å². The lowest BCUT2D eigenvalue weighted by Gasteiger charge is -2.40.